The van der Waals surface area contributed by atoms with E-state index in [0.29, 0.717) is 53.7 Å². The van der Waals surface area contributed by atoms with Crippen LogP contribution >= 0.6 is 11.6 Å². The number of fused-ring (bicyclic) bond motifs is 1. The molecule has 2 fully saturated rings. The van der Waals surface area contributed by atoms with E-state index in [1.165, 1.54) is 7.11 Å². The Morgan fingerprint density at radius 1 is 1.23 bits per heavy atom. The molecule has 4 rings (SSSR count). The number of methoxy groups -OCH3 is 2. The minimum Gasteiger partial charge on any atom is -0.491 e. The maximum Gasteiger partial charge on any atom is 0.255 e. The number of halogens is 1. The standard InChI is InChI=1S/C22H31ClN2O6/c1-27-18-13-25(12-15-4-3-7-29-15)6-5-14(18)11-24-22(26)16-10-17(23)20(28-2)21-19(16)30-8-9-31-21/h10,14-15,18H,3-9,11-13H2,1-2H3,(H,24,26)/t14-,15?,18?/m0/s1. The molecule has 0 bridgehead atoms. The normalized spacial score (nSPS) is 26.0. The van der Waals surface area contributed by atoms with Crippen molar-refractivity contribution in [2.24, 2.45) is 5.92 Å². The van der Waals surface area contributed by atoms with Gasteiger partial charge in [-0.3, -0.25) is 9.69 Å². The van der Waals surface area contributed by atoms with Gasteiger partial charge in [0.05, 0.1) is 29.9 Å². The summed E-state index contributed by atoms with van der Waals surface area (Å²) < 4.78 is 28.2. The lowest BCUT2D eigenvalue weighted by Gasteiger charge is -2.38. The van der Waals surface area contributed by atoms with Gasteiger partial charge >= 0.3 is 0 Å². The second-order valence-corrected chi connectivity index (χ2v) is 8.63. The molecule has 1 N–H and O–H groups in total. The first-order chi connectivity index (χ1) is 15.1. The summed E-state index contributed by atoms with van der Waals surface area (Å²) in [6, 6.07) is 1.57. The van der Waals surface area contributed by atoms with E-state index in [2.05, 4.69) is 10.2 Å². The zero-order chi connectivity index (χ0) is 21.8. The van der Waals surface area contributed by atoms with Crippen LogP contribution in [0.25, 0.3) is 0 Å². The Labute approximate surface area is 188 Å². The fraction of sp³-hybridized carbons (Fsp3) is 0.682. The quantitative estimate of drug-likeness (QED) is 0.677. The van der Waals surface area contributed by atoms with Crippen LogP contribution < -0.4 is 19.5 Å². The molecule has 3 heterocycles. The van der Waals surface area contributed by atoms with E-state index in [-0.39, 0.29) is 17.9 Å². The molecule has 172 valence electrons. The van der Waals surface area contributed by atoms with Crippen molar-refractivity contribution >= 4 is 17.5 Å². The van der Waals surface area contributed by atoms with Crippen molar-refractivity contribution in [1.82, 2.24) is 10.2 Å². The third kappa shape index (κ3) is 5.03. The number of ether oxygens (including phenoxy) is 5. The molecule has 2 saturated heterocycles. The number of nitrogens with one attached hydrogen (secondary N) is 1. The van der Waals surface area contributed by atoms with Gasteiger partial charge in [0, 0.05) is 39.3 Å². The summed E-state index contributed by atoms with van der Waals surface area (Å²) in [6.45, 7) is 4.90. The van der Waals surface area contributed by atoms with Crippen LogP contribution in [0.15, 0.2) is 6.07 Å². The summed E-state index contributed by atoms with van der Waals surface area (Å²) in [6.07, 6.45) is 3.63. The predicted octanol–water partition coefficient (Wildman–Crippen LogP) is 2.37. The fourth-order valence-electron chi connectivity index (χ4n) is 4.60. The summed E-state index contributed by atoms with van der Waals surface area (Å²) in [5, 5.41) is 3.35. The molecule has 0 saturated carbocycles. The van der Waals surface area contributed by atoms with Crippen molar-refractivity contribution in [2.45, 2.75) is 31.5 Å². The summed E-state index contributed by atoms with van der Waals surface area (Å²) in [5.74, 6) is 1.12. The van der Waals surface area contributed by atoms with Crippen molar-refractivity contribution in [3.05, 3.63) is 16.7 Å². The van der Waals surface area contributed by atoms with Gasteiger partial charge in [-0.1, -0.05) is 11.6 Å². The number of carbonyl (C=O) groups is 1. The SMILES string of the molecule is COc1c(Cl)cc(C(=O)NC[C@@H]2CCN(CC3CCCO3)CC2OC)c2c1OCCO2. The zero-order valence-electron chi connectivity index (χ0n) is 18.2. The van der Waals surface area contributed by atoms with Crippen LogP contribution in [0.3, 0.4) is 0 Å². The summed E-state index contributed by atoms with van der Waals surface area (Å²) in [5.41, 5.74) is 0.352. The molecule has 1 aromatic carbocycles. The third-order valence-corrected chi connectivity index (χ3v) is 6.54. The number of rotatable bonds is 7. The highest BCUT2D eigenvalue weighted by molar-refractivity contribution is 6.33. The Morgan fingerprint density at radius 3 is 2.74 bits per heavy atom. The highest BCUT2D eigenvalue weighted by Crippen LogP contribution is 2.46. The lowest BCUT2D eigenvalue weighted by atomic mass is 9.93. The van der Waals surface area contributed by atoms with Gasteiger partial charge in [-0.25, -0.2) is 0 Å². The van der Waals surface area contributed by atoms with Gasteiger partial charge in [0.1, 0.15) is 13.2 Å². The van der Waals surface area contributed by atoms with Crippen molar-refractivity contribution < 1.29 is 28.5 Å². The lowest BCUT2D eigenvalue weighted by molar-refractivity contribution is -0.0254. The first-order valence-electron chi connectivity index (χ1n) is 10.9. The Morgan fingerprint density at radius 2 is 2.03 bits per heavy atom. The van der Waals surface area contributed by atoms with E-state index in [1.807, 2.05) is 0 Å². The van der Waals surface area contributed by atoms with E-state index in [1.54, 1.807) is 13.2 Å². The molecule has 0 radical (unpaired) electrons. The molecule has 3 aliphatic rings. The number of hydrogen-bond donors (Lipinski definition) is 1. The Bertz CT molecular complexity index is 786. The predicted molar refractivity (Wildman–Crippen MR) is 116 cm³/mol. The minimum absolute atomic E-state index is 0.0587. The molecule has 3 aliphatic heterocycles. The van der Waals surface area contributed by atoms with Gasteiger partial charge in [-0.15, -0.1) is 0 Å². The summed E-state index contributed by atoms with van der Waals surface area (Å²) >= 11 is 6.31. The fourth-order valence-corrected chi connectivity index (χ4v) is 4.88. The highest BCUT2D eigenvalue weighted by Gasteiger charge is 2.32. The number of piperidine rings is 1. The second kappa shape index (κ2) is 10.3. The molecule has 0 aromatic heterocycles. The van der Waals surface area contributed by atoms with Crippen molar-refractivity contribution in [2.75, 3.05) is 60.2 Å². The maximum absolute atomic E-state index is 13.0. The molecule has 0 aliphatic carbocycles. The van der Waals surface area contributed by atoms with Gasteiger partial charge < -0.3 is 29.0 Å². The van der Waals surface area contributed by atoms with Crippen LogP contribution in [0, 0.1) is 5.92 Å². The molecular formula is C22H31ClN2O6. The van der Waals surface area contributed by atoms with Crippen molar-refractivity contribution in [1.29, 1.82) is 0 Å². The van der Waals surface area contributed by atoms with E-state index in [4.69, 9.17) is 35.3 Å². The topological polar surface area (TPSA) is 78.5 Å². The number of hydrogen-bond acceptors (Lipinski definition) is 7. The number of likely N-dealkylation sites (tertiary alicyclic amines) is 1. The van der Waals surface area contributed by atoms with E-state index >= 15 is 0 Å². The molecule has 1 amide bonds. The first-order valence-corrected chi connectivity index (χ1v) is 11.3. The van der Waals surface area contributed by atoms with Crippen molar-refractivity contribution in [3.8, 4) is 17.2 Å². The Kier molecular flexibility index (Phi) is 7.43. The number of carbonyl (C=O) groups excluding carboxylic acids is 1. The molecule has 8 nitrogen and oxygen atoms in total. The average Bonchev–Trinajstić information content (AvgIpc) is 3.30. The molecular weight excluding hydrogens is 424 g/mol. The Hall–Kier alpha value is -1.74. The van der Waals surface area contributed by atoms with E-state index in [9.17, 15) is 4.79 Å². The maximum atomic E-state index is 13.0. The van der Waals surface area contributed by atoms with Crippen LogP contribution in [-0.4, -0.2) is 83.2 Å². The van der Waals surface area contributed by atoms with Crippen molar-refractivity contribution in [3.63, 3.8) is 0 Å². The van der Waals surface area contributed by atoms with E-state index in [0.717, 1.165) is 45.5 Å². The second-order valence-electron chi connectivity index (χ2n) is 8.22. The molecule has 9 heteroatoms. The molecule has 1 aromatic rings. The summed E-state index contributed by atoms with van der Waals surface area (Å²) in [7, 11) is 3.25. The van der Waals surface area contributed by atoms with E-state index < -0.39 is 0 Å². The number of benzene rings is 1. The minimum atomic E-state index is -0.247. The van der Waals surface area contributed by atoms with Gasteiger partial charge in [0.2, 0.25) is 5.75 Å². The molecule has 2 unspecified atom stereocenters. The summed E-state index contributed by atoms with van der Waals surface area (Å²) in [4.78, 5) is 15.4. The zero-order valence-corrected chi connectivity index (χ0v) is 18.9. The average molecular weight is 455 g/mol. The van der Waals surface area contributed by atoms with Crippen LogP contribution in [0.2, 0.25) is 5.02 Å². The molecule has 3 atom stereocenters. The van der Waals surface area contributed by atoms with Gasteiger partial charge in [0.25, 0.3) is 5.91 Å². The number of amides is 1. The largest absolute Gasteiger partial charge is 0.491 e. The van der Waals surface area contributed by atoms with Crippen LogP contribution in [0.5, 0.6) is 17.2 Å². The van der Waals surface area contributed by atoms with Crippen LogP contribution in [0.4, 0.5) is 0 Å². The third-order valence-electron chi connectivity index (χ3n) is 6.26. The smallest absolute Gasteiger partial charge is 0.255 e. The van der Waals surface area contributed by atoms with Crippen LogP contribution in [0.1, 0.15) is 29.6 Å². The molecule has 31 heavy (non-hydrogen) atoms. The molecule has 0 spiro atoms. The number of nitrogens with zero attached hydrogens (tertiary/aromatic N) is 1. The monoisotopic (exact) mass is 454 g/mol. The lowest BCUT2D eigenvalue weighted by Crippen LogP contribution is -2.50. The Balaban J connectivity index is 1.38. The van der Waals surface area contributed by atoms with Crippen LogP contribution in [-0.2, 0) is 9.47 Å². The first kappa shape index (κ1) is 22.5. The van der Waals surface area contributed by atoms with Gasteiger partial charge in [-0.2, -0.15) is 0 Å². The van der Waals surface area contributed by atoms with Gasteiger partial charge in [0.15, 0.2) is 11.5 Å². The highest BCUT2D eigenvalue weighted by atomic mass is 35.5. The van der Waals surface area contributed by atoms with Gasteiger partial charge in [-0.05, 0) is 31.9 Å².